The van der Waals surface area contributed by atoms with Crippen LogP contribution < -0.4 is 0 Å². The molecule has 13 heavy (non-hydrogen) atoms. The minimum atomic E-state index is 1.03. The molecule has 72 valence electrons. The third-order valence-corrected chi connectivity index (χ3v) is 1.38. The number of hydrogen-bond acceptors (Lipinski definition) is 1. The highest BCUT2D eigenvalue weighted by molar-refractivity contribution is 5.80. The Kier molecular flexibility index (Phi) is 5.05. The summed E-state index contributed by atoms with van der Waals surface area (Å²) in [5.74, 6) is 0. The van der Waals surface area contributed by atoms with Gasteiger partial charge in [0.25, 0.3) is 0 Å². The molecule has 0 bridgehead atoms. The van der Waals surface area contributed by atoms with Crippen molar-refractivity contribution >= 4 is 5.71 Å². The topological polar surface area (TPSA) is 12.4 Å². The van der Waals surface area contributed by atoms with Crippen LogP contribution in [0.25, 0.3) is 0 Å². The summed E-state index contributed by atoms with van der Waals surface area (Å²) in [5, 5.41) is 0. The summed E-state index contributed by atoms with van der Waals surface area (Å²) in [6.07, 6.45) is 3.99. The molecule has 0 aliphatic heterocycles. The van der Waals surface area contributed by atoms with Crippen LogP contribution >= 0.6 is 0 Å². The van der Waals surface area contributed by atoms with E-state index in [1.54, 1.807) is 0 Å². The van der Waals surface area contributed by atoms with Gasteiger partial charge in [0.1, 0.15) is 0 Å². The third kappa shape index (κ3) is 6.09. The first-order valence-corrected chi connectivity index (χ1v) is 4.46. The molecule has 1 heteroatoms. The van der Waals surface area contributed by atoms with Gasteiger partial charge in [-0.25, -0.2) is 0 Å². The van der Waals surface area contributed by atoms with Crippen molar-refractivity contribution in [1.82, 2.24) is 0 Å². The monoisotopic (exact) mass is 177 g/mol. The van der Waals surface area contributed by atoms with Crippen molar-refractivity contribution in [3.8, 4) is 0 Å². The second kappa shape index (κ2) is 5.52. The SMILES string of the molecule is C=C(C)/C=C\C(N=C(C)C)=C(C)C. The lowest BCUT2D eigenvalue weighted by Crippen LogP contribution is -1.85. The third-order valence-electron chi connectivity index (χ3n) is 1.38. The molecule has 0 saturated heterocycles. The van der Waals surface area contributed by atoms with Crippen LogP contribution in [0.4, 0.5) is 0 Å². The quantitative estimate of drug-likeness (QED) is 0.458. The number of rotatable bonds is 3. The Labute approximate surface area is 81.6 Å². The molecule has 0 aromatic heterocycles. The summed E-state index contributed by atoms with van der Waals surface area (Å²) in [7, 11) is 0. The van der Waals surface area contributed by atoms with Crippen LogP contribution in [-0.4, -0.2) is 5.71 Å². The molecule has 0 amide bonds. The summed E-state index contributed by atoms with van der Waals surface area (Å²) in [6.45, 7) is 13.9. The summed E-state index contributed by atoms with van der Waals surface area (Å²) in [5.41, 5.74) is 4.37. The van der Waals surface area contributed by atoms with E-state index in [2.05, 4.69) is 25.4 Å². The molecule has 0 fully saturated rings. The van der Waals surface area contributed by atoms with E-state index in [0.29, 0.717) is 0 Å². The fourth-order valence-electron chi connectivity index (χ4n) is 0.778. The van der Waals surface area contributed by atoms with Crippen molar-refractivity contribution in [1.29, 1.82) is 0 Å². The van der Waals surface area contributed by atoms with Gasteiger partial charge in [-0.15, -0.1) is 0 Å². The number of hydrogen-bond donors (Lipinski definition) is 0. The smallest absolute Gasteiger partial charge is 0.0615 e. The fourth-order valence-corrected chi connectivity index (χ4v) is 0.778. The van der Waals surface area contributed by atoms with Crippen LogP contribution in [0.2, 0.25) is 0 Å². The molecule has 1 nitrogen and oxygen atoms in total. The molecule has 0 aromatic rings. The predicted molar refractivity (Wildman–Crippen MR) is 61.1 cm³/mol. The number of allylic oxidation sites excluding steroid dienone is 4. The Morgan fingerprint density at radius 2 is 1.54 bits per heavy atom. The second-order valence-corrected chi connectivity index (χ2v) is 3.62. The zero-order chi connectivity index (χ0) is 10.4. The molecule has 0 spiro atoms. The van der Waals surface area contributed by atoms with Gasteiger partial charge in [-0.2, -0.15) is 0 Å². The molecule has 0 aromatic carbocycles. The first-order chi connectivity index (χ1) is 5.93. The predicted octanol–water partition coefficient (Wildman–Crippen LogP) is 3.89. The number of nitrogens with zero attached hydrogens (tertiary/aromatic N) is 1. The maximum atomic E-state index is 4.42. The van der Waals surface area contributed by atoms with Crippen molar-refractivity contribution in [2.75, 3.05) is 0 Å². The van der Waals surface area contributed by atoms with E-state index in [1.165, 1.54) is 5.57 Å². The highest BCUT2D eigenvalue weighted by Crippen LogP contribution is 2.08. The molecule has 0 rings (SSSR count). The van der Waals surface area contributed by atoms with Gasteiger partial charge in [-0.05, 0) is 40.7 Å². The Balaban J connectivity index is 4.78. The molecule has 0 atom stereocenters. The van der Waals surface area contributed by atoms with Gasteiger partial charge in [-0.1, -0.05) is 23.8 Å². The van der Waals surface area contributed by atoms with Gasteiger partial charge >= 0.3 is 0 Å². The molecule has 0 aliphatic rings. The minimum Gasteiger partial charge on any atom is -0.259 e. The van der Waals surface area contributed by atoms with Crippen molar-refractivity contribution < 1.29 is 0 Å². The molecule has 0 radical (unpaired) electrons. The molecular weight excluding hydrogens is 158 g/mol. The first-order valence-electron chi connectivity index (χ1n) is 4.46. The van der Waals surface area contributed by atoms with Crippen LogP contribution in [0.3, 0.4) is 0 Å². The van der Waals surface area contributed by atoms with E-state index in [4.69, 9.17) is 0 Å². The maximum Gasteiger partial charge on any atom is 0.0615 e. The van der Waals surface area contributed by atoms with Crippen LogP contribution in [0.5, 0.6) is 0 Å². The van der Waals surface area contributed by atoms with Crippen LogP contribution in [-0.2, 0) is 0 Å². The average molecular weight is 177 g/mol. The maximum absolute atomic E-state index is 4.42. The fraction of sp³-hybridized carbons (Fsp3) is 0.417. The first kappa shape index (κ1) is 11.9. The number of aliphatic imine (C=N–C) groups is 1. The van der Waals surface area contributed by atoms with Gasteiger partial charge in [0.05, 0.1) is 5.70 Å². The summed E-state index contributed by atoms with van der Waals surface area (Å²) >= 11 is 0. The lowest BCUT2D eigenvalue weighted by molar-refractivity contribution is 1.24. The lowest BCUT2D eigenvalue weighted by Gasteiger charge is -1.99. The summed E-state index contributed by atoms with van der Waals surface area (Å²) < 4.78 is 0. The van der Waals surface area contributed by atoms with E-state index < -0.39 is 0 Å². The average Bonchev–Trinajstić information content (AvgIpc) is 1.96. The highest BCUT2D eigenvalue weighted by atomic mass is 14.7. The van der Waals surface area contributed by atoms with E-state index in [0.717, 1.165) is 17.0 Å². The molecule has 0 unspecified atom stereocenters. The van der Waals surface area contributed by atoms with E-state index in [1.807, 2.05) is 32.9 Å². The molecule has 0 saturated carbocycles. The Morgan fingerprint density at radius 3 is 1.85 bits per heavy atom. The molecular formula is C12H19N. The Morgan fingerprint density at radius 1 is 1.00 bits per heavy atom. The van der Waals surface area contributed by atoms with Gasteiger partial charge in [0.2, 0.25) is 0 Å². The van der Waals surface area contributed by atoms with Gasteiger partial charge < -0.3 is 0 Å². The van der Waals surface area contributed by atoms with Crippen LogP contribution in [0.15, 0.2) is 40.6 Å². The lowest BCUT2D eigenvalue weighted by atomic mass is 10.2. The van der Waals surface area contributed by atoms with Crippen LogP contribution in [0, 0.1) is 0 Å². The minimum absolute atomic E-state index is 1.03. The highest BCUT2D eigenvalue weighted by Gasteiger charge is 1.91. The zero-order valence-corrected chi connectivity index (χ0v) is 9.31. The summed E-state index contributed by atoms with van der Waals surface area (Å²) in [6, 6.07) is 0. The Bertz CT molecular complexity index is 269. The Hall–Kier alpha value is -1.11. The van der Waals surface area contributed by atoms with Crippen molar-refractivity contribution in [3.63, 3.8) is 0 Å². The zero-order valence-electron chi connectivity index (χ0n) is 9.31. The van der Waals surface area contributed by atoms with Crippen LogP contribution in [0.1, 0.15) is 34.6 Å². The standard InChI is InChI=1S/C12H19N/c1-9(2)7-8-12(10(3)4)13-11(5)6/h7-8H,1H2,2-6H3/b8-7-. The van der Waals surface area contributed by atoms with Gasteiger partial charge in [0, 0.05) is 5.71 Å². The second-order valence-electron chi connectivity index (χ2n) is 3.62. The van der Waals surface area contributed by atoms with E-state index in [-0.39, 0.29) is 0 Å². The van der Waals surface area contributed by atoms with Gasteiger partial charge in [-0.3, -0.25) is 4.99 Å². The van der Waals surface area contributed by atoms with E-state index >= 15 is 0 Å². The van der Waals surface area contributed by atoms with Crippen molar-refractivity contribution in [2.45, 2.75) is 34.6 Å². The molecule has 0 aliphatic carbocycles. The summed E-state index contributed by atoms with van der Waals surface area (Å²) in [4.78, 5) is 4.42. The molecule has 0 N–H and O–H groups in total. The molecule has 0 heterocycles. The van der Waals surface area contributed by atoms with Crippen molar-refractivity contribution in [3.05, 3.63) is 35.6 Å². The normalized spacial score (nSPS) is 9.92. The van der Waals surface area contributed by atoms with E-state index in [9.17, 15) is 0 Å². The van der Waals surface area contributed by atoms with Crippen molar-refractivity contribution in [2.24, 2.45) is 4.99 Å². The largest absolute Gasteiger partial charge is 0.259 e. The van der Waals surface area contributed by atoms with Gasteiger partial charge in [0.15, 0.2) is 0 Å².